The summed E-state index contributed by atoms with van der Waals surface area (Å²) in [6, 6.07) is 15.9. The average molecular weight is 378 g/mol. The molecule has 4 nitrogen and oxygen atoms in total. The molecule has 1 aromatic heterocycles. The molecule has 1 heterocycles. The van der Waals surface area contributed by atoms with Crippen LogP contribution < -0.4 is 10.1 Å². The van der Waals surface area contributed by atoms with E-state index in [4.69, 9.17) is 4.74 Å². The van der Waals surface area contributed by atoms with E-state index in [1.807, 2.05) is 31.2 Å². The fourth-order valence-electron chi connectivity index (χ4n) is 2.70. The first kappa shape index (κ1) is 18.9. The summed E-state index contributed by atoms with van der Waals surface area (Å²) in [5, 5.41) is 6.05. The summed E-state index contributed by atoms with van der Waals surface area (Å²) in [6.45, 7) is 2.60. The van der Waals surface area contributed by atoms with Crippen LogP contribution in [0, 0.1) is 6.92 Å². The third-order valence-corrected chi connectivity index (χ3v) is 4.91. The molecule has 0 fully saturated rings. The second-order valence-corrected chi connectivity index (χ2v) is 7.13. The van der Waals surface area contributed by atoms with Crippen molar-refractivity contribution in [2.24, 2.45) is 0 Å². The molecular formula is C22H22N2O2S. The topological polar surface area (TPSA) is 51.2 Å². The lowest BCUT2D eigenvalue weighted by Gasteiger charge is -2.05. The molecule has 0 aliphatic rings. The smallest absolute Gasteiger partial charge is 0.244 e. The number of hydrogen-bond donors (Lipinski definition) is 1. The van der Waals surface area contributed by atoms with E-state index in [1.54, 1.807) is 24.5 Å². The molecule has 0 unspecified atom stereocenters. The van der Waals surface area contributed by atoms with Crippen LogP contribution in [0.5, 0.6) is 5.75 Å². The summed E-state index contributed by atoms with van der Waals surface area (Å²) >= 11 is 1.65. The summed E-state index contributed by atoms with van der Waals surface area (Å²) in [6.07, 6.45) is 4.08. The fraction of sp³-hybridized carbons (Fsp3) is 0.182. The van der Waals surface area contributed by atoms with Crippen molar-refractivity contribution in [2.45, 2.75) is 13.3 Å². The van der Waals surface area contributed by atoms with Crippen molar-refractivity contribution in [3.63, 3.8) is 0 Å². The minimum Gasteiger partial charge on any atom is -0.496 e. The number of para-hydroxylation sites is 1. The number of carbonyl (C=O) groups is 1. The molecule has 27 heavy (non-hydrogen) atoms. The molecule has 0 atom stereocenters. The zero-order valence-electron chi connectivity index (χ0n) is 15.4. The van der Waals surface area contributed by atoms with Gasteiger partial charge in [0.1, 0.15) is 5.75 Å². The lowest BCUT2D eigenvalue weighted by atomic mass is 10.1. The van der Waals surface area contributed by atoms with Crippen molar-refractivity contribution in [2.75, 3.05) is 13.7 Å². The first-order chi connectivity index (χ1) is 13.2. The lowest BCUT2D eigenvalue weighted by molar-refractivity contribution is -0.116. The van der Waals surface area contributed by atoms with Gasteiger partial charge in [-0.05, 0) is 31.1 Å². The highest BCUT2D eigenvalue weighted by Gasteiger charge is 2.03. The van der Waals surface area contributed by atoms with Crippen LogP contribution in [-0.4, -0.2) is 24.5 Å². The highest BCUT2D eigenvalue weighted by molar-refractivity contribution is 7.09. The van der Waals surface area contributed by atoms with E-state index in [-0.39, 0.29) is 5.91 Å². The number of amides is 1. The Kier molecular flexibility index (Phi) is 6.39. The minimum atomic E-state index is -0.115. The Morgan fingerprint density at radius 2 is 1.96 bits per heavy atom. The van der Waals surface area contributed by atoms with Crippen molar-refractivity contribution < 1.29 is 9.53 Å². The summed E-state index contributed by atoms with van der Waals surface area (Å²) in [5.41, 5.74) is 4.19. The number of ether oxygens (including phenoxy) is 1. The molecule has 0 saturated carbocycles. The number of benzene rings is 2. The third kappa shape index (κ3) is 5.28. The van der Waals surface area contributed by atoms with E-state index in [9.17, 15) is 4.79 Å². The molecule has 0 bridgehead atoms. The van der Waals surface area contributed by atoms with Crippen molar-refractivity contribution in [3.05, 3.63) is 76.1 Å². The van der Waals surface area contributed by atoms with Gasteiger partial charge in [0.2, 0.25) is 5.91 Å². The number of hydrogen-bond acceptors (Lipinski definition) is 4. The average Bonchev–Trinajstić information content (AvgIpc) is 3.13. The molecular weight excluding hydrogens is 356 g/mol. The zero-order valence-corrected chi connectivity index (χ0v) is 16.3. The highest BCUT2D eigenvalue weighted by Crippen LogP contribution is 2.22. The number of aromatic nitrogens is 1. The van der Waals surface area contributed by atoms with E-state index in [1.165, 1.54) is 11.6 Å². The Labute approximate surface area is 163 Å². The number of carbonyl (C=O) groups excluding carboxylic acids is 1. The maximum atomic E-state index is 12.0. The second kappa shape index (κ2) is 9.14. The molecule has 3 aromatic rings. The van der Waals surface area contributed by atoms with Gasteiger partial charge in [0, 0.05) is 29.1 Å². The number of thiazole rings is 1. The molecule has 2 aromatic carbocycles. The molecule has 0 radical (unpaired) electrons. The SMILES string of the molecule is COc1ccccc1/C=C/C(=O)NCCc1ccc(-c2csc(C)n2)cc1. The van der Waals surface area contributed by atoms with Gasteiger partial charge in [-0.2, -0.15) is 0 Å². The summed E-state index contributed by atoms with van der Waals surface area (Å²) in [7, 11) is 1.62. The molecule has 1 amide bonds. The predicted molar refractivity (Wildman–Crippen MR) is 111 cm³/mol. The van der Waals surface area contributed by atoms with Gasteiger partial charge >= 0.3 is 0 Å². The van der Waals surface area contributed by atoms with Gasteiger partial charge in [0.15, 0.2) is 0 Å². The number of nitrogens with one attached hydrogen (secondary N) is 1. The van der Waals surface area contributed by atoms with Crippen molar-refractivity contribution in [1.29, 1.82) is 0 Å². The van der Waals surface area contributed by atoms with E-state index < -0.39 is 0 Å². The summed E-state index contributed by atoms with van der Waals surface area (Å²) in [5.74, 6) is 0.632. The van der Waals surface area contributed by atoms with Crippen LogP contribution in [0.3, 0.4) is 0 Å². The first-order valence-corrected chi connectivity index (χ1v) is 9.64. The zero-order chi connectivity index (χ0) is 19.1. The minimum absolute atomic E-state index is 0.115. The maximum absolute atomic E-state index is 12.0. The van der Waals surface area contributed by atoms with E-state index >= 15 is 0 Å². The molecule has 0 aliphatic carbocycles. The van der Waals surface area contributed by atoms with E-state index in [0.29, 0.717) is 6.54 Å². The van der Waals surface area contributed by atoms with Gasteiger partial charge in [0.05, 0.1) is 17.8 Å². The Morgan fingerprint density at radius 1 is 1.19 bits per heavy atom. The summed E-state index contributed by atoms with van der Waals surface area (Å²) in [4.78, 5) is 16.5. The molecule has 0 spiro atoms. The first-order valence-electron chi connectivity index (χ1n) is 8.76. The molecule has 0 aliphatic heterocycles. The second-order valence-electron chi connectivity index (χ2n) is 6.06. The third-order valence-electron chi connectivity index (χ3n) is 4.13. The molecule has 138 valence electrons. The van der Waals surface area contributed by atoms with Crippen LogP contribution in [0.25, 0.3) is 17.3 Å². The van der Waals surface area contributed by atoms with Gasteiger partial charge in [-0.3, -0.25) is 4.79 Å². The van der Waals surface area contributed by atoms with Crippen molar-refractivity contribution in [1.82, 2.24) is 10.3 Å². The van der Waals surface area contributed by atoms with E-state index in [0.717, 1.165) is 34.0 Å². The van der Waals surface area contributed by atoms with E-state index in [2.05, 4.69) is 39.9 Å². The van der Waals surface area contributed by atoms with Gasteiger partial charge in [0.25, 0.3) is 0 Å². The van der Waals surface area contributed by atoms with Gasteiger partial charge in [-0.1, -0.05) is 42.5 Å². The highest BCUT2D eigenvalue weighted by atomic mass is 32.1. The van der Waals surface area contributed by atoms with Crippen molar-refractivity contribution in [3.8, 4) is 17.0 Å². The van der Waals surface area contributed by atoms with Gasteiger partial charge in [-0.25, -0.2) is 4.98 Å². The quantitative estimate of drug-likeness (QED) is 0.616. The predicted octanol–water partition coefficient (Wildman–Crippen LogP) is 4.50. The largest absolute Gasteiger partial charge is 0.496 e. The number of aryl methyl sites for hydroxylation is 1. The molecule has 1 N–H and O–H groups in total. The van der Waals surface area contributed by atoms with Crippen molar-refractivity contribution >= 4 is 23.3 Å². The number of methoxy groups -OCH3 is 1. The normalized spacial score (nSPS) is 10.9. The fourth-order valence-corrected chi connectivity index (χ4v) is 3.32. The van der Waals surface area contributed by atoms with Crippen LogP contribution in [0.4, 0.5) is 0 Å². The van der Waals surface area contributed by atoms with Crippen LogP contribution in [0.1, 0.15) is 16.1 Å². The molecule has 3 rings (SSSR count). The Balaban J connectivity index is 1.49. The van der Waals surface area contributed by atoms with Crippen LogP contribution in [0.15, 0.2) is 60.0 Å². The number of rotatable bonds is 7. The van der Waals surface area contributed by atoms with Crippen LogP contribution in [0.2, 0.25) is 0 Å². The van der Waals surface area contributed by atoms with Crippen LogP contribution >= 0.6 is 11.3 Å². The molecule has 0 saturated heterocycles. The molecule has 5 heteroatoms. The number of nitrogens with zero attached hydrogens (tertiary/aromatic N) is 1. The van der Waals surface area contributed by atoms with Gasteiger partial charge in [-0.15, -0.1) is 11.3 Å². The standard InChI is InChI=1S/C22H22N2O2S/c1-16-24-20(15-27-16)18-9-7-17(8-10-18)13-14-23-22(25)12-11-19-5-3-4-6-21(19)26-2/h3-12,15H,13-14H2,1-2H3,(H,23,25)/b12-11+. The Hall–Kier alpha value is -2.92. The Bertz CT molecular complexity index is 929. The van der Waals surface area contributed by atoms with Crippen LogP contribution in [-0.2, 0) is 11.2 Å². The maximum Gasteiger partial charge on any atom is 0.244 e. The monoisotopic (exact) mass is 378 g/mol. The lowest BCUT2D eigenvalue weighted by Crippen LogP contribution is -2.23. The Morgan fingerprint density at radius 3 is 2.67 bits per heavy atom. The van der Waals surface area contributed by atoms with Gasteiger partial charge < -0.3 is 10.1 Å². The summed E-state index contributed by atoms with van der Waals surface area (Å²) < 4.78 is 5.27.